The summed E-state index contributed by atoms with van der Waals surface area (Å²) in [6.07, 6.45) is 4.06. The van der Waals surface area contributed by atoms with Gasteiger partial charge in [-0.2, -0.15) is 5.10 Å². The third-order valence-electron chi connectivity index (χ3n) is 3.03. The van der Waals surface area contributed by atoms with Gasteiger partial charge in [0.15, 0.2) is 0 Å². The van der Waals surface area contributed by atoms with E-state index in [-0.39, 0.29) is 12.5 Å². The summed E-state index contributed by atoms with van der Waals surface area (Å²) in [6, 6.07) is 0.208. The number of nitrogens with zero attached hydrogens (tertiary/aromatic N) is 3. The Labute approximate surface area is 102 Å². The molecule has 0 aromatic carbocycles. The topological polar surface area (TPSA) is 58.4 Å². The van der Waals surface area contributed by atoms with Crippen LogP contribution >= 0.6 is 0 Å². The highest BCUT2D eigenvalue weighted by Crippen LogP contribution is 2.19. The molecule has 96 valence electrons. The Bertz CT molecular complexity index is 362. The molecule has 1 rings (SSSR count). The zero-order valence-corrected chi connectivity index (χ0v) is 10.8. The third-order valence-corrected chi connectivity index (χ3v) is 3.03. The van der Waals surface area contributed by atoms with Crippen molar-refractivity contribution in [2.24, 2.45) is 0 Å². The van der Waals surface area contributed by atoms with Crippen molar-refractivity contribution in [1.82, 2.24) is 14.7 Å². The number of carboxylic acids is 1. The lowest BCUT2D eigenvalue weighted by molar-refractivity contribution is -0.137. The molecular weight excluding hydrogens is 218 g/mol. The van der Waals surface area contributed by atoms with Crippen LogP contribution in [0.25, 0.3) is 0 Å². The largest absolute Gasteiger partial charge is 0.481 e. The number of hydrogen-bond acceptors (Lipinski definition) is 3. The molecule has 0 bridgehead atoms. The van der Waals surface area contributed by atoms with E-state index in [0.29, 0.717) is 6.54 Å². The van der Waals surface area contributed by atoms with Gasteiger partial charge in [-0.1, -0.05) is 6.92 Å². The number of carbonyl (C=O) groups is 1. The zero-order valence-electron chi connectivity index (χ0n) is 10.8. The summed E-state index contributed by atoms with van der Waals surface area (Å²) in [5.74, 6) is -0.750. The van der Waals surface area contributed by atoms with E-state index >= 15 is 0 Å². The molecular formula is C12H21N3O2. The lowest BCUT2D eigenvalue weighted by Crippen LogP contribution is -2.29. The van der Waals surface area contributed by atoms with Crippen molar-refractivity contribution in [3.05, 3.63) is 18.0 Å². The first-order chi connectivity index (χ1) is 8.08. The predicted octanol–water partition coefficient (Wildman–Crippen LogP) is 1.76. The second-order valence-corrected chi connectivity index (χ2v) is 4.08. The molecule has 0 aliphatic rings. The maximum absolute atomic E-state index is 10.6. The number of aliphatic carboxylic acids is 1. The normalized spacial score (nSPS) is 12.9. The quantitative estimate of drug-likeness (QED) is 0.787. The molecule has 1 heterocycles. The predicted molar refractivity (Wildman–Crippen MR) is 65.8 cm³/mol. The van der Waals surface area contributed by atoms with Gasteiger partial charge in [-0.05, 0) is 20.4 Å². The van der Waals surface area contributed by atoms with Gasteiger partial charge in [0, 0.05) is 30.9 Å². The van der Waals surface area contributed by atoms with Crippen LogP contribution in [0.15, 0.2) is 12.4 Å². The number of aromatic nitrogens is 2. The van der Waals surface area contributed by atoms with Crippen LogP contribution < -0.4 is 0 Å². The molecule has 0 spiro atoms. The Morgan fingerprint density at radius 1 is 1.59 bits per heavy atom. The molecule has 1 aromatic heterocycles. The molecule has 1 atom stereocenters. The smallest absolute Gasteiger partial charge is 0.304 e. The Kier molecular flexibility index (Phi) is 5.15. The minimum absolute atomic E-state index is 0.181. The number of rotatable bonds is 7. The fourth-order valence-corrected chi connectivity index (χ4v) is 1.84. The Hall–Kier alpha value is -1.36. The van der Waals surface area contributed by atoms with Gasteiger partial charge in [0.2, 0.25) is 0 Å². The molecule has 1 aromatic rings. The molecule has 0 aliphatic heterocycles. The average molecular weight is 239 g/mol. The fraction of sp³-hybridized carbons (Fsp3) is 0.667. The van der Waals surface area contributed by atoms with E-state index in [2.05, 4.69) is 16.9 Å². The maximum atomic E-state index is 10.6. The van der Waals surface area contributed by atoms with Crippen LogP contribution in [0.1, 0.15) is 38.8 Å². The molecule has 5 heteroatoms. The van der Waals surface area contributed by atoms with Gasteiger partial charge < -0.3 is 5.11 Å². The minimum atomic E-state index is -0.750. The Balaban J connectivity index is 2.64. The fourth-order valence-electron chi connectivity index (χ4n) is 1.84. The van der Waals surface area contributed by atoms with Gasteiger partial charge in [-0.25, -0.2) is 0 Å². The SMILES string of the molecule is CCN(CCC(=O)O)C(C)c1cnn(CC)c1. The first-order valence-electron chi connectivity index (χ1n) is 6.06. The van der Waals surface area contributed by atoms with Crippen LogP contribution in [-0.4, -0.2) is 38.8 Å². The Morgan fingerprint density at radius 2 is 2.29 bits per heavy atom. The summed E-state index contributed by atoms with van der Waals surface area (Å²) < 4.78 is 1.89. The molecule has 1 N–H and O–H groups in total. The highest BCUT2D eigenvalue weighted by molar-refractivity contribution is 5.66. The lowest BCUT2D eigenvalue weighted by atomic mass is 10.1. The van der Waals surface area contributed by atoms with Crippen LogP contribution in [0.3, 0.4) is 0 Å². The summed E-state index contributed by atoms with van der Waals surface area (Å²) in [7, 11) is 0. The van der Waals surface area contributed by atoms with Crippen molar-refractivity contribution >= 4 is 5.97 Å². The van der Waals surface area contributed by atoms with Crippen molar-refractivity contribution in [2.45, 2.75) is 39.8 Å². The molecule has 5 nitrogen and oxygen atoms in total. The number of carboxylic acid groups (broad SMARTS) is 1. The molecule has 1 unspecified atom stereocenters. The molecule has 0 saturated heterocycles. The van der Waals surface area contributed by atoms with Crippen LogP contribution in [0.2, 0.25) is 0 Å². The highest BCUT2D eigenvalue weighted by Gasteiger charge is 2.16. The van der Waals surface area contributed by atoms with Crippen LogP contribution in [0.5, 0.6) is 0 Å². The summed E-state index contributed by atoms with van der Waals surface area (Å²) in [4.78, 5) is 12.7. The molecule has 0 amide bonds. The number of hydrogen-bond donors (Lipinski definition) is 1. The summed E-state index contributed by atoms with van der Waals surface area (Å²) >= 11 is 0. The average Bonchev–Trinajstić information content (AvgIpc) is 2.77. The monoisotopic (exact) mass is 239 g/mol. The molecule has 0 fully saturated rings. The van der Waals surface area contributed by atoms with Gasteiger partial charge in [-0.15, -0.1) is 0 Å². The van der Waals surface area contributed by atoms with E-state index in [1.54, 1.807) is 0 Å². The van der Waals surface area contributed by atoms with E-state index in [1.807, 2.05) is 30.9 Å². The van der Waals surface area contributed by atoms with Crippen molar-refractivity contribution in [3.63, 3.8) is 0 Å². The minimum Gasteiger partial charge on any atom is -0.481 e. The van der Waals surface area contributed by atoms with Crippen LogP contribution in [-0.2, 0) is 11.3 Å². The summed E-state index contributed by atoms with van der Waals surface area (Å²) in [5.41, 5.74) is 1.14. The third kappa shape index (κ3) is 3.85. The molecule has 0 aliphatic carbocycles. The van der Waals surface area contributed by atoms with Crippen LogP contribution in [0.4, 0.5) is 0 Å². The Morgan fingerprint density at radius 3 is 2.76 bits per heavy atom. The first-order valence-corrected chi connectivity index (χ1v) is 6.06. The van der Waals surface area contributed by atoms with E-state index < -0.39 is 5.97 Å². The van der Waals surface area contributed by atoms with Gasteiger partial charge >= 0.3 is 5.97 Å². The van der Waals surface area contributed by atoms with E-state index in [0.717, 1.165) is 18.7 Å². The highest BCUT2D eigenvalue weighted by atomic mass is 16.4. The molecule has 17 heavy (non-hydrogen) atoms. The summed E-state index contributed by atoms with van der Waals surface area (Å²) in [6.45, 7) is 8.44. The van der Waals surface area contributed by atoms with Gasteiger partial charge in [-0.3, -0.25) is 14.4 Å². The van der Waals surface area contributed by atoms with Crippen molar-refractivity contribution in [3.8, 4) is 0 Å². The van der Waals surface area contributed by atoms with Gasteiger partial charge in [0.25, 0.3) is 0 Å². The molecule has 0 saturated carbocycles. The standard InChI is InChI=1S/C12H21N3O2/c1-4-14(7-6-12(16)17)10(3)11-8-13-15(5-2)9-11/h8-10H,4-7H2,1-3H3,(H,16,17). The second-order valence-electron chi connectivity index (χ2n) is 4.08. The van der Waals surface area contributed by atoms with Gasteiger partial charge in [0.05, 0.1) is 12.6 Å². The van der Waals surface area contributed by atoms with Crippen LogP contribution in [0, 0.1) is 0 Å². The van der Waals surface area contributed by atoms with Crippen molar-refractivity contribution in [2.75, 3.05) is 13.1 Å². The molecule has 0 radical (unpaired) electrons. The summed E-state index contributed by atoms with van der Waals surface area (Å²) in [5, 5.41) is 13.0. The first kappa shape index (κ1) is 13.7. The van der Waals surface area contributed by atoms with E-state index in [1.165, 1.54) is 0 Å². The lowest BCUT2D eigenvalue weighted by Gasteiger charge is -2.26. The number of aryl methyl sites for hydroxylation is 1. The van der Waals surface area contributed by atoms with Crippen molar-refractivity contribution in [1.29, 1.82) is 0 Å². The van der Waals surface area contributed by atoms with Crippen molar-refractivity contribution < 1.29 is 9.90 Å². The van der Waals surface area contributed by atoms with E-state index in [9.17, 15) is 4.79 Å². The second kappa shape index (κ2) is 6.39. The van der Waals surface area contributed by atoms with Gasteiger partial charge in [0.1, 0.15) is 0 Å². The maximum Gasteiger partial charge on any atom is 0.304 e. The zero-order chi connectivity index (χ0) is 12.8. The van der Waals surface area contributed by atoms with E-state index in [4.69, 9.17) is 5.11 Å².